The van der Waals surface area contributed by atoms with Crippen molar-refractivity contribution in [1.82, 2.24) is 4.98 Å². The summed E-state index contributed by atoms with van der Waals surface area (Å²) in [5.41, 5.74) is 0.593. The molecule has 0 aliphatic rings. The van der Waals surface area contributed by atoms with E-state index in [4.69, 9.17) is 15.0 Å². The smallest absolute Gasteiger partial charge is 0.309 e. The highest BCUT2D eigenvalue weighted by Gasteiger charge is 1.98. The maximum atomic E-state index is 10.1. The fraction of sp³-hybridized carbons (Fsp3) is 0.222. The van der Waals surface area contributed by atoms with E-state index in [1.807, 2.05) is 0 Å². The van der Waals surface area contributed by atoms with E-state index in [-0.39, 0.29) is 6.42 Å². The van der Waals surface area contributed by atoms with Crippen LogP contribution in [0.2, 0.25) is 0 Å². The van der Waals surface area contributed by atoms with Gasteiger partial charge in [0.15, 0.2) is 0 Å². The molecule has 0 aliphatic heterocycles. The molecule has 2 N–H and O–H groups in total. The van der Waals surface area contributed by atoms with Crippen molar-refractivity contribution < 1.29 is 19.8 Å². The second kappa shape index (κ2) is 6.59. The first-order valence-electron chi connectivity index (χ1n) is 3.83. The molecule has 0 bridgehead atoms. The second-order valence-corrected chi connectivity index (χ2v) is 2.41. The number of aromatic nitrogens is 1. The van der Waals surface area contributed by atoms with E-state index in [1.54, 1.807) is 24.4 Å². The molecule has 0 amide bonds. The fourth-order valence-electron chi connectivity index (χ4n) is 0.658. The number of carboxylic acid groups (broad SMARTS) is 2. The molecule has 0 saturated carbocycles. The third-order valence-electron chi connectivity index (χ3n) is 1.06. The highest BCUT2D eigenvalue weighted by Crippen LogP contribution is 1.93. The summed E-state index contributed by atoms with van der Waals surface area (Å²) in [5, 5.41) is 15.7. The van der Waals surface area contributed by atoms with Gasteiger partial charge in [-0.15, -0.1) is 0 Å². The molecule has 0 aromatic carbocycles. The van der Waals surface area contributed by atoms with E-state index in [9.17, 15) is 4.79 Å². The zero-order valence-corrected chi connectivity index (χ0v) is 7.67. The van der Waals surface area contributed by atoms with Gasteiger partial charge in [0.2, 0.25) is 0 Å². The zero-order chi connectivity index (χ0) is 11.0. The minimum atomic E-state index is -0.848. The average molecular weight is 197 g/mol. The maximum absolute atomic E-state index is 10.1. The number of hydrogen-bond acceptors (Lipinski definition) is 3. The summed E-state index contributed by atoms with van der Waals surface area (Å²) < 4.78 is 0. The Morgan fingerprint density at radius 3 is 2.29 bits per heavy atom. The molecule has 0 unspecified atom stereocenters. The molecule has 5 nitrogen and oxygen atoms in total. The van der Waals surface area contributed by atoms with Gasteiger partial charge in [-0.25, -0.2) is 0 Å². The SMILES string of the molecule is CC(=O)O.O=C(O)Cc1ccccn1. The third kappa shape index (κ3) is 8.19. The van der Waals surface area contributed by atoms with Crippen LogP contribution < -0.4 is 0 Å². The van der Waals surface area contributed by atoms with Crippen LogP contribution in [0.3, 0.4) is 0 Å². The van der Waals surface area contributed by atoms with E-state index in [1.165, 1.54) is 0 Å². The van der Waals surface area contributed by atoms with Gasteiger partial charge < -0.3 is 10.2 Å². The van der Waals surface area contributed by atoms with Gasteiger partial charge in [-0.2, -0.15) is 0 Å². The highest BCUT2D eigenvalue weighted by atomic mass is 16.4. The normalized spacial score (nSPS) is 8.36. The minimum Gasteiger partial charge on any atom is -0.481 e. The molecule has 0 spiro atoms. The highest BCUT2D eigenvalue weighted by molar-refractivity contribution is 5.69. The lowest BCUT2D eigenvalue weighted by Gasteiger charge is -1.91. The van der Waals surface area contributed by atoms with E-state index in [0.717, 1.165) is 6.92 Å². The predicted molar refractivity (Wildman–Crippen MR) is 48.9 cm³/mol. The van der Waals surface area contributed by atoms with Crippen LogP contribution in [0.5, 0.6) is 0 Å². The Kier molecular flexibility index (Phi) is 5.69. The molecule has 1 aromatic rings. The Hall–Kier alpha value is -1.91. The van der Waals surface area contributed by atoms with Gasteiger partial charge in [-0.1, -0.05) is 6.07 Å². The number of hydrogen-bond donors (Lipinski definition) is 2. The monoisotopic (exact) mass is 197 g/mol. The molecule has 0 aliphatic carbocycles. The number of pyridine rings is 1. The lowest BCUT2D eigenvalue weighted by Crippen LogP contribution is -2.01. The third-order valence-corrected chi connectivity index (χ3v) is 1.06. The fourth-order valence-corrected chi connectivity index (χ4v) is 0.658. The Morgan fingerprint density at radius 1 is 1.36 bits per heavy atom. The molecule has 0 atom stereocenters. The number of carbonyl (C=O) groups is 2. The van der Waals surface area contributed by atoms with Crippen molar-refractivity contribution in [3.8, 4) is 0 Å². The molecule has 76 valence electrons. The lowest BCUT2D eigenvalue weighted by atomic mass is 10.3. The topological polar surface area (TPSA) is 87.5 Å². The summed E-state index contributed by atoms with van der Waals surface area (Å²) >= 11 is 0. The first-order chi connectivity index (χ1) is 6.52. The molecule has 0 fully saturated rings. The molecule has 1 rings (SSSR count). The van der Waals surface area contributed by atoms with Crippen LogP contribution in [-0.4, -0.2) is 27.1 Å². The molecule has 1 aromatic heterocycles. The van der Waals surface area contributed by atoms with Gasteiger partial charge >= 0.3 is 5.97 Å². The summed E-state index contributed by atoms with van der Waals surface area (Å²) in [7, 11) is 0. The van der Waals surface area contributed by atoms with Crippen LogP contribution in [0.4, 0.5) is 0 Å². The van der Waals surface area contributed by atoms with E-state index >= 15 is 0 Å². The zero-order valence-electron chi connectivity index (χ0n) is 7.67. The largest absolute Gasteiger partial charge is 0.481 e. The van der Waals surface area contributed by atoms with Crippen molar-refractivity contribution in [2.45, 2.75) is 13.3 Å². The number of aliphatic carboxylic acids is 2. The van der Waals surface area contributed by atoms with Gasteiger partial charge in [-0.3, -0.25) is 14.6 Å². The van der Waals surface area contributed by atoms with Crippen LogP contribution in [0.1, 0.15) is 12.6 Å². The Balaban J connectivity index is 0.000000364. The molecular formula is C9H11NO4. The van der Waals surface area contributed by atoms with E-state index in [2.05, 4.69) is 4.98 Å². The lowest BCUT2D eigenvalue weighted by molar-refractivity contribution is -0.136. The van der Waals surface area contributed by atoms with Crippen molar-refractivity contribution >= 4 is 11.9 Å². The molecular weight excluding hydrogens is 186 g/mol. The Labute approximate surface area is 81.0 Å². The van der Waals surface area contributed by atoms with Crippen molar-refractivity contribution in [2.24, 2.45) is 0 Å². The van der Waals surface area contributed by atoms with Crippen molar-refractivity contribution in [3.63, 3.8) is 0 Å². The Morgan fingerprint density at radius 2 is 1.93 bits per heavy atom. The van der Waals surface area contributed by atoms with Gasteiger partial charge in [-0.05, 0) is 12.1 Å². The number of rotatable bonds is 2. The van der Waals surface area contributed by atoms with Crippen LogP contribution >= 0.6 is 0 Å². The molecule has 5 heteroatoms. The first kappa shape index (κ1) is 12.1. The summed E-state index contributed by atoms with van der Waals surface area (Å²) in [4.78, 5) is 23.0. The average Bonchev–Trinajstić information content (AvgIpc) is 2.03. The molecule has 0 saturated heterocycles. The maximum Gasteiger partial charge on any atom is 0.309 e. The predicted octanol–water partition coefficient (Wildman–Crippen LogP) is 0.800. The molecule has 1 heterocycles. The van der Waals surface area contributed by atoms with E-state index in [0.29, 0.717) is 5.69 Å². The van der Waals surface area contributed by atoms with Crippen LogP contribution in [0.15, 0.2) is 24.4 Å². The quantitative estimate of drug-likeness (QED) is 0.732. The van der Waals surface area contributed by atoms with Gasteiger partial charge in [0.05, 0.1) is 12.1 Å². The summed E-state index contributed by atoms with van der Waals surface area (Å²) in [5.74, 6) is -1.68. The number of carboxylic acids is 2. The van der Waals surface area contributed by atoms with Gasteiger partial charge in [0.25, 0.3) is 5.97 Å². The van der Waals surface area contributed by atoms with Crippen LogP contribution in [0, 0.1) is 0 Å². The van der Waals surface area contributed by atoms with Crippen LogP contribution in [-0.2, 0) is 16.0 Å². The molecule has 14 heavy (non-hydrogen) atoms. The summed E-state index contributed by atoms with van der Waals surface area (Å²) in [6.45, 7) is 1.08. The van der Waals surface area contributed by atoms with Gasteiger partial charge in [0.1, 0.15) is 0 Å². The summed E-state index contributed by atoms with van der Waals surface area (Å²) in [6, 6.07) is 5.21. The van der Waals surface area contributed by atoms with E-state index < -0.39 is 11.9 Å². The minimum absolute atomic E-state index is 0.000833. The van der Waals surface area contributed by atoms with Crippen LogP contribution in [0.25, 0.3) is 0 Å². The van der Waals surface area contributed by atoms with Gasteiger partial charge in [0, 0.05) is 13.1 Å². The Bertz CT molecular complexity index is 293. The summed E-state index contributed by atoms with van der Waals surface area (Å²) in [6.07, 6.45) is 1.58. The number of nitrogens with zero attached hydrogens (tertiary/aromatic N) is 1. The van der Waals surface area contributed by atoms with Crippen molar-refractivity contribution in [1.29, 1.82) is 0 Å². The van der Waals surface area contributed by atoms with Crippen molar-refractivity contribution in [3.05, 3.63) is 30.1 Å². The standard InChI is InChI=1S/C7H7NO2.C2H4O2/c9-7(10)5-6-3-1-2-4-8-6;1-2(3)4/h1-4H,5H2,(H,9,10);1H3,(H,3,4). The second-order valence-electron chi connectivity index (χ2n) is 2.41. The molecule has 0 radical (unpaired) electrons. The van der Waals surface area contributed by atoms with Crippen molar-refractivity contribution in [2.75, 3.05) is 0 Å². The first-order valence-corrected chi connectivity index (χ1v) is 3.83.